The fourth-order valence-electron chi connectivity index (χ4n) is 2.58. The summed E-state index contributed by atoms with van der Waals surface area (Å²) in [5.74, 6) is 0.540. The number of hydrogen-bond acceptors (Lipinski definition) is 3. The van der Waals surface area contributed by atoms with Gasteiger partial charge >= 0.3 is 0 Å². The maximum absolute atomic E-state index is 12.6. The third-order valence-corrected chi connectivity index (χ3v) is 5.62. The molecule has 1 aliphatic heterocycles. The van der Waals surface area contributed by atoms with Crippen LogP contribution in [0.5, 0.6) is 0 Å². The summed E-state index contributed by atoms with van der Waals surface area (Å²) in [6.07, 6.45) is 6.48. The summed E-state index contributed by atoms with van der Waals surface area (Å²) >= 11 is 12.8. The van der Waals surface area contributed by atoms with E-state index in [9.17, 15) is 4.79 Å². The minimum Gasteiger partial charge on any atom is -0.293 e. The van der Waals surface area contributed by atoms with E-state index in [1.165, 1.54) is 24.6 Å². The first-order valence-corrected chi connectivity index (χ1v) is 9.66. The molecule has 1 amide bonds. The number of unbranched alkanes of at least 4 members (excludes halogenated alkanes) is 1. The van der Waals surface area contributed by atoms with E-state index in [-0.39, 0.29) is 5.91 Å². The lowest BCUT2D eigenvalue weighted by atomic mass is 9.99. The maximum atomic E-state index is 12.6. The Morgan fingerprint density at radius 3 is 2.83 bits per heavy atom. The Hall–Kier alpha value is -0.840. The van der Waals surface area contributed by atoms with Crippen LogP contribution in [0.4, 0.5) is 0 Å². The van der Waals surface area contributed by atoms with E-state index in [1.807, 2.05) is 30.3 Å². The number of thioether (sulfide) groups is 1. The van der Waals surface area contributed by atoms with Gasteiger partial charge in [0.2, 0.25) is 0 Å². The maximum Gasteiger partial charge on any atom is 0.266 e. The van der Waals surface area contributed by atoms with Crippen molar-refractivity contribution in [3.8, 4) is 0 Å². The third kappa shape index (κ3) is 5.07. The SMILES string of the molecule is CCCC[C@H](CC)CN1C(=O)/C(=C\c2cccc(Cl)c2)SC1=S. The molecule has 2 nitrogen and oxygen atoms in total. The highest BCUT2D eigenvalue weighted by molar-refractivity contribution is 8.26. The molecule has 0 N–H and O–H groups in total. The smallest absolute Gasteiger partial charge is 0.266 e. The van der Waals surface area contributed by atoms with Crippen molar-refractivity contribution in [2.45, 2.75) is 39.5 Å². The first kappa shape index (κ1) is 18.5. The van der Waals surface area contributed by atoms with Crippen molar-refractivity contribution >= 4 is 51.9 Å². The summed E-state index contributed by atoms with van der Waals surface area (Å²) in [6.45, 7) is 5.11. The van der Waals surface area contributed by atoms with Crippen molar-refractivity contribution in [2.75, 3.05) is 6.54 Å². The second-order valence-electron chi connectivity index (χ2n) is 5.76. The minimum absolute atomic E-state index is 0.0231. The lowest BCUT2D eigenvalue weighted by Gasteiger charge is -2.21. The van der Waals surface area contributed by atoms with E-state index in [0.717, 1.165) is 24.9 Å². The zero-order chi connectivity index (χ0) is 16.8. The van der Waals surface area contributed by atoms with Crippen molar-refractivity contribution in [3.05, 3.63) is 39.8 Å². The number of amides is 1. The number of benzene rings is 1. The fourth-order valence-corrected chi connectivity index (χ4v) is 4.05. The predicted molar refractivity (Wildman–Crippen MR) is 105 cm³/mol. The molecule has 1 aliphatic rings. The molecule has 1 fully saturated rings. The van der Waals surface area contributed by atoms with Crippen LogP contribution in [0.3, 0.4) is 0 Å². The van der Waals surface area contributed by atoms with Crippen molar-refractivity contribution in [1.29, 1.82) is 0 Å². The Balaban J connectivity index is 2.10. The summed E-state index contributed by atoms with van der Waals surface area (Å²) in [7, 11) is 0. The van der Waals surface area contributed by atoms with Crippen molar-refractivity contribution in [1.82, 2.24) is 4.90 Å². The normalized spacial score (nSPS) is 18.0. The first-order valence-electron chi connectivity index (χ1n) is 8.06. The van der Waals surface area contributed by atoms with Gasteiger partial charge < -0.3 is 0 Å². The highest BCUT2D eigenvalue weighted by Gasteiger charge is 2.33. The Morgan fingerprint density at radius 1 is 1.39 bits per heavy atom. The Morgan fingerprint density at radius 2 is 2.17 bits per heavy atom. The Kier molecular flexibility index (Phi) is 7.12. The van der Waals surface area contributed by atoms with Gasteiger partial charge in [-0.3, -0.25) is 9.69 Å². The van der Waals surface area contributed by atoms with E-state index in [2.05, 4.69) is 13.8 Å². The summed E-state index contributed by atoms with van der Waals surface area (Å²) in [5, 5.41) is 0.667. The Bertz CT molecular complexity index is 615. The molecule has 1 aromatic carbocycles. The molecule has 0 aliphatic carbocycles. The van der Waals surface area contributed by atoms with Gasteiger partial charge in [-0.15, -0.1) is 0 Å². The average Bonchev–Trinajstić information content (AvgIpc) is 2.78. The Labute approximate surface area is 153 Å². The molecule has 2 rings (SSSR count). The monoisotopic (exact) mass is 367 g/mol. The number of rotatable bonds is 7. The molecule has 0 unspecified atom stereocenters. The number of carbonyl (C=O) groups is 1. The largest absolute Gasteiger partial charge is 0.293 e. The third-order valence-electron chi connectivity index (χ3n) is 4.00. The first-order chi connectivity index (χ1) is 11.0. The minimum atomic E-state index is 0.0231. The standard InChI is InChI=1S/C18H22ClNOS2/c1-3-5-7-13(4-2)12-20-17(21)16(23-18(20)22)11-14-8-6-9-15(19)10-14/h6,8-11,13H,3-5,7,12H2,1-2H3/b16-11+/t13-/m0/s1. The molecule has 0 aromatic heterocycles. The van der Waals surface area contributed by atoms with Crippen LogP contribution < -0.4 is 0 Å². The number of nitrogens with zero attached hydrogens (tertiary/aromatic N) is 1. The molecule has 1 heterocycles. The molecule has 0 radical (unpaired) electrons. The zero-order valence-electron chi connectivity index (χ0n) is 13.5. The van der Waals surface area contributed by atoms with Crippen LogP contribution in [0.25, 0.3) is 6.08 Å². The summed E-state index contributed by atoms with van der Waals surface area (Å²) in [4.78, 5) is 15.1. The molecule has 23 heavy (non-hydrogen) atoms. The van der Waals surface area contributed by atoms with Gasteiger partial charge in [-0.25, -0.2) is 0 Å². The molecular formula is C18H22ClNOS2. The van der Waals surface area contributed by atoms with E-state index in [0.29, 0.717) is 20.2 Å². The van der Waals surface area contributed by atoms with Crippen LogP contribution in [-0.2, 0) is 4.79 Å². The second-order valence-corrected chi connectivity index (χ2v) is 7.88. The quantitative estimate of drug-likeness (QED) is 0.451. The predicted octanol–water partition coefficient (Wildman–Crippen LogP) is 5.76. The number of carbonyl (C=O) groups excluding carboxylic acids is 1. The van der Waals surface area contributed by atoms with Gasteiger partial charge in [0.25, 0.3) is 5.91 Å². The van der Waals surface area contributed by atoms with E-state index in [4.69, 9.17) is 23.8 Å². The molecule has 1 saturated heterocycles. The van der Waals surface area contributed by atoms with Crippen LogP contribution in [0.2, 0.25) is 5.02 Å². The average molecular weight is 368 g/mol. The van der Waals surface area contributed by atoms with Crippen molar-refractivity contribution in [2.24, 2.45) is 5.92 Å². The van der Waals surface area contributed by atoms with Gasteiger partial charge in [0.15, 0.2) is 0 Å². The van der Waals surface area contributed by atoms with Crippen LogP contribution in [-0.4, -0.2) is 21.7 Å². The molecule has 1 atom stereocenters. The molecule has 124 valence electrons. The number of thiocarbonyl (C=S) groups is 1. The number of hydrogen-bond donors (Lipinski definition) is 0. The van der Waals surface area contributed by atoms with Crippen LogP contribution >= 0.6 is 35.6 Å². The van der Waals surface area contributed by atoms with Gasteiger partial charge in [0, 0.05) is 11.6 Å². The van der Waals surface area contributed by atoms with Gasteiger partial charge in [-0.05, 0) is 36.1 Å². The highest BCUT2D eigenvalue weighted by Crippen LogP contribution is 2.34. The fraction of sp³-hybridized carbons (Fsp3) is 0.444. The molecular weight excluding hydrogens is 346 g/mol. The molecule has 1 aromatic rings. The molecule has 0 saturated carbocycles. The van der Waals surface area contributed by atoms with Gasteiger partial charge in [-0.1, -0.05) is 80.8 Å². The second kappa shape index (κ2) is 8.86. The topological polar surface area (TPSA) is 20.3 Å². The van der Waals surface area contributed by atoms with E-state index >= 15 is 0 Å². The van der Waals surface area contributed by atoms with Crippen molar-refractivity contribution < 1.29 is 4.79 Å². The summed E-state index contributed by atoms with van der Waals surface area (Å²) in [5.41, 5.74) is 0.927. The summed E-state index contributed by atoms with van der Waals surface area (Å²) in [6, 6.07) is 7.50. The molecule has 0 bridgehead atoms. The van der Waals surface area contributed by atoms with Crippen LogP contribution in [0.1, 0.15) is 45.1 Å². The zero-order valence-corrected chi connectivity index (χ0v) is 15.9. The lowest BCUT2D eigenvalue weighted by molar-refractivity contribution is -0.122. The van der Waals surface area contributed by atoms with Crippen LogP contribution in [0, 0.1) is 5.92 Å². The van der Waals surface area contributed by atoms with Crippen LogP contribution in [0.15, 0.2) is 29.2 Å². The van der Waals surface area contributed by atoms with Gasteiger partial charge in [-0.2, -0.15) is 0 Å². The van der Waals surface area contributed by atoms with Gasteiger partial charge in [0.05, 0.1) is 4.91 Å². The highest BCUT2D eigenvalue weighted by atomic mass is 35.5. The van der Waals surface area contributed by atoms with Crippen molar-refractivity contribution in [3.63, 3.8) is 0 Å². The lowest BCUT2D eigenvalue weighted by Crippen LogP contribution is -2.33. The molecule has 0 spiro atoms. The van der Waals surface area contributed by atoms with Gasteiger partial charge in [0.1, 0.15) is 4.32 Å². The number of halogens is 1. The van der Waals surface area contributed by atoms with E-state index in [1.54, 1.807) is 4.90 Å². The summed E-state index contributed by atoms with van der Waals surface area (Å²) < 4.78 is 0.665. The molecule has 5 heteroatoms. The van der Waals surface area contributed by atoms with E-state index < -0.39 is 0 Å².